The summed E-state index contributed by atoms with van der Waals surface area (Å²) in [6.45, 7) is 0. The molecule has 0 saturated carbocycles. The molecule has 1 aliphatic rings. The number of rotatable bonds is 5. The highest BCUT2D eigenvalue weighted by molar-refractivity contribution is 8.16. The Hall–Kier alpha value is -2.80. The van der Waals surface area contributed by atoms with Crippen molar-refractivity contribution in [1.29, 1.82) is 0 Å². The van der Waals surface area contributed by atoms with Crippen molar-refractivity contribution in [2.75, 3.05) is 12.0 Å². The van der Waals surface area contributed by atoms with E-state index in [1.807, 2.05) is 18.2 Å². The van der Waals surface area contributed by atoms with Crippen molar-refractivity contribution < 1.29 is 19.4 Å². The van der Waals surface area contributed by atoms with Crippen molar-refractivity contribution in [2.45, 2.75) is 11.7 Å². The molecule has 0 radical (unpaired) electrons. The number of aliphatic imine (C=N–C) groups is 1. The molecule has 25 heavy (non-hydrogen) atoms. The van der Waals surface area contributed by atoms with E-state index in [2.05, 4.69) is 4.99 Å². The van der Waals surface area contributed by atoms with E-state index in [0.717, 1.165) is 0 Å². The van der Waals surface area contributed by atoms with E-state index in [9.17, 15) is 9.59 Å². The largest absolute Gasteiger partial charge is 0.497 e. The third-order valence-corrected chi connectivity index (χ3v) is 4.74. The molecule has 2 aromatic carbocycles. The summed E-state index contributed by atoms with van der Waals surface area (Å²) in [6, 6.07) is 16.2. The van der Waals surface area contributed by atoms with Crippen LogP contribution in [0.4, 0.5) is 11.4 Å². The number of anilines is 1. The molecule has 0 spiro atoms. The van der Waals surface area contributed by atoms with Gasteiger partial charge in [-0.15, -0.1) is 0 Å². The molecule has 1 aliphatic heterocycles. The molecule has 128 valence electrons. The van der Waals surface area contributed by atoms with Gasteiger partial charge in [0, 0.05) is 0 Å². The molecule has 1 amide bonds. The van der Waals surface area contributed by atoms with Crippen molar-refractivity contribution >= 4 is 40.2 Å². The number of carbonyl (C=O) groups is 2. The fourth-order valence-electron chi connectivity index (χ4n) is 2.41. The average molecular weight is 356 g/mol. The number of aliphatic carboxylic acids is 1. The Kier molecular flexibility index (Phi) is 5.04. The Morgan fingerprint density at radius 2 is 1.88 bits per heavy atom. The summed E-state index contributed by atoms with van der Waals surface area (Å²) < 4.78 is 5.12. The molecule has 3 rings (SSSR count). The molecule has 1 fully saturated rings. The van der Waals surface area contributed by atoms with Gasteiger partial charge in [-0.05, 0) is 36.4 Å². The number of hydrogen-bond donors (Lipinski definition) is 1. The fourth-order valence-corrected chi connectivity index (χ4v) is 3.56. The van der Waals surface area contributed by atoms with Crippen molar-refractivity contribution in [3.63, 3.8) is 0 Å². The predicted molar refractivity (Wildman–Crippen MR) is 97.6 cm³/mol. The minimum Gasteiger partial charge on any atom is -0.497 e. The predicted octanol–water partition coefficient (Wildman–Crippen LogP) is 3.31. The van der Waals surface area contributed by atoms with Crippen LogP contribution in [0.1, 0.15) is 6.42 Å². The zero-order valence-electron chi connectivity index (χ0n) is 13.5. The van der Waals surface area contributed by atoms with Crippen LogP contribution >= 0.6 is 11.8 Å². The summed E-state index contributed by atoms with van der Waals surface area (Å²) in [4.78, 5) is 29.7. The van der Waals surface area contributed by atoms with Gasteiger partial charge in [-0.3, -0.25) is 14.5 Å². The Morgan fingerprint density at radius 3 is 2.48 bits per heavy atom. The Labute approximate surface area is 149 Å². The highest BCUT2D eigenvalue weighted by atomic mass is 32.2. The first kappa shape index (κ1) is 17.0. The molecular formula is C18H16N2O4S. The zero-order chi connectivity index (χ0) is 17.8. The third kappa shape index (κ3) is 3.83. The summed E-state index contributed by atoms with van der Waals surface area (Å²) in [7, 11) is 1.58. The molecule has 1 saturated heterocycles. The van der Waals surface area contributed by atoms with Gasteiger partial charge in [0.05, 0.1) is 24.9 Å². The first-order valence-corrected chi connectivity index (χ1v) is 8.46. The van der Waals surface area contributed by atoms with Crippen LogP contribution in [0.3, 0.4) is 0 Å². The van der Waals surface area contributed by atoms with Gasteiger partial charge in [-0.2, -0.15) is 0 Å². The zero-order valence-corrected chi connectivity index (χ0v) is 14.3. The number of methoxy groups -OCH3 is 1. The van der Waals surface area contributed by atoms with Crippen LogP contribution in [0.25, 0.3) is 0 Å². The van der Waals surface area contributed by atoms with Crippen LogP contribution in [0.15, 0.2) is 59.6 Å². The maximum Gasteiger partial charge on any atom is 0.305 e. The first-order valence-electron chi connectivity index (χ1n) is 7.58. The monoisotopic (exact) mass is 356 g/mol. The van der Waals surface area contributed by atoms with Crippen molar-refractivity contribution in [1.82, 2.24) is 0 Å². The number of benzene rings is 2. The Morgan fingerprint density at radius 1 is 1.20 bits per heavy atom. The second-order valence-corrected chi connectivity index (χ2v) is 6.48. The van der Waals surface area contributed by atoms with Crippen LogP contribution in [0.5, 0.6) is 5.75 Å². The standard InChI is InChI=1S/C18H16N2O4S/c1-24-14-9-7-12(8-10-14)19-18-20(13-5-3-2-4-6-13)17(23)15(25-18)11-16(21)22/h2-10,15H,11H2,1H3,(H,21,22)/t15-/m1/s1. The van der Waals surface area contributed by atoms with Crippen LogP contribution in [-0.4, -0.2) is 34.5 Å². The molecule has 2 aromatic rings. The lowest BCUT2D eigenvalue weighted by Gasteiger charge is -2.16. The number of amides is 1. The molecule has 0 aliphatic carbocycles. The second kappa shape index (κ2) is 7.40. The number of amidine groups is 1. The molecule has 0 aromatic heterocycles. The smallest absolute Gasteiger partial charge is 0.305 e. The van der Waals surface area contributed by atoms with Crippen molar-refractivity contribution in [3.05, 3.63) is 54.6 Å². The maximum absolute atomic E-state index is 12.7. The number of para-hydroxylation sites is 1. The summed E-state index contributed by atoms with van der Waals surface area (Å²) in [5, 5.41) is 8.82. The molecule has 0 unspecified atom stereocenters. The fraction of sp³-hybridized carbons (Fsp3) is 0.167. The van der Waals surface area contributed by atoms with E-state index in [1.165, 1.54) is 16.7 Å². The van der Waals surface area contributed by atoms with Crippen LogP contribution in [-0.2, 0) is 9.59 Å². The molecule has 7 heteroatoms. The summed E-state index contributed by atoms with van der Waals surface area (Å²) >= 11 is 1.17. The lowest BCUT2D eigenvalue weighted by molar-refractivity contribution is -0.138. The average Bonchev–Trinajstić information content (AvgIpc) is 2.91. The maximum atomic E-state index is 12.7. The topological polar surface area (TPSA) is 79.2 Å². The molecular weight excluding hydrogens is 340 g/mol. The Balaban J connectivity index is 1.96. The SMILES string of the molecule is COc1ccc(N=C2S[C@H](CC(=O)O)C(=O)N2c2ccccc2)cc1. The van der Waals surface area contributed by atoms with E-state index in [4.69, 9.17) is 9.84 Å². The molecule has 0 bridgehead atoms. The Bertz CT molecular complexity index is 806. The lowest BCUT2D eigenvalue weighted by Crippen LogP contribution is -2.32. The van der Waals surface area contributed by atoms with E-state index in [0.29, 0.717) is 22.3 Å². The van der Waals surface area contributed by atoms with Gasteiger partial charge in [0.1, 0.15) is 11.0 Å². The van der Waals surface area contributed by atoms with E-state index in [-0.39, 0.29) is 12.3 Å². The van der Waals surface area contributed by atoms with Gasteiger partial charge in [-0.25, -0.2) is 4.99 Å². The lowest BCUT2D eigenvalue weighted by atomic mass is 10.2. The normalized spacial score (nSPS) is 18.6. The number of carboxylic acids is 1. The van der Waals surface area contributed by atoms with Gasteiger partial charge in [-0.1, -0.05) is 30.0 Å². The summed E-state index contributed by atoms with van der Waals surface area (Å²) in [5.41, 5.74) is 1.33. The first-order chi connectivity index (χ1) is 12.1. The van der Waals surface area contributed by atoms with Crippen molar-refractivity contribution in [2.24, 2.45) is 4.99 Å². The van der Waals surface area contributed by atoms with Gasteiger partial charge in [0.15, 0.2) is 5.17 Å². The van der Waals surface area contributed by atoms with Gasteiger partial charge in [0.25, 0.3) is 0 Å². The van der Waals surface area contributed by atoms with Crippen LogP contribution in [0.2, 0.25) is 0 Å². The van der Waals surface area contributed by atoms with Gasteiger partial charge in [0.2, 0.25) is 5.91 Å². The highest BCUT2D eigenvalue weighted by Gasteiger charge is 2.40. The minimum absolute atomic E-state index is 0.242. The molecule has 1 atom stereocenters. The third-order valence-electron chi connectivity index (χ3n) is 3.61. The van der Waals surface area contributed by atoms with Crippen LogP contribution < -0.4 is 9.64 Å². The van der Waals surface area contributed by atoms with E-state index >= 15 is 0 Å². The highest BCUT2D eigenvalue weighted by Crippen LogP contribution is 2.35. The van der Waals surface area contributed by atoms with Crippen molar-refractivity contribution in [3.8, 4) is 5.75 Å². The quantitative estimate of drug-likeness (QED) is 0.889. The summed E-state index contributed by atoms with van der Waals surface area (Å²) in [6.07, 6.45) is -0.242. The van der Waals surface area contributed by atoms with E-state index in [1.54, 1.807) is 43.5 Å². The minimum atomic E-state index is -1.01. The second-order valence-electron chi connectivity index (χ2n) is 5.31. The number of hydrogen-bond acceptors (Lipinski definition) is 5. The van der Waals surface area contributed by atoms with E-state index < -0.39 is 11.2 Å². The summed E-state index contributed by atoms with van der Waals surface area (Å²) in [5.74, 6) is -0.571. The molecule has 1 heterocycles. The van der Waals surface area contributed by atoms with Gasteiger partial charge < -0.3 is 9.84 Å². The number of thioether (sulfide) groups is 1. The van der Waals surface area contributed by atoms with Gasteiger partial charge >= 0.3 is 5.97 Å². The molecule has 1 N–H and O–H groups in total. The molecule has 6 nitrogen and oxygen atoms in total. The number of ether oxygens (including phenoxy) is 1. The number of carboxylic acid groups (broad SMARTS) is 1. The van der Waals surface area contributed by atoms with Crippen LogP contribution in [0, 0.1) is 0 Å². The number of nitrogens with zero attached hydrogens (tertiary/aromatic N) is 2. The number of carbonyl (C=O) groups excluding carboxylic acids is 1.